The third kappa shape index (κ3) is 4.63. The normalized spacial score (nSPS) is 10.3. The van der Waals surface area contributed by atoms with Crippen molar-refractivity contribution < 1.29 is 28.3 Å². The predicted molar refractivity (Wildman–Crippen MR) is 96.7 cm³/mol. The summed E-state index contributed by atoms with van der Waals surface area (Å²) in [7, 11) is 1.53. The molecular weight excluding hydrogens is 352 g/mol. The lowest BCUT2D eigenvalue weighted by Gasteiger charge is -2.07. The Bertz CT molecular complexity index is 944. The Morgan fingerprint density at radius 1 is 1.04 bits per heavy atom. The van der Waals surface area contributed by atoms with Crippen molar-refractivity contribution in [3.8, 4) is 5.75 Å². The number of anilines is 1. The SMILES string of the molecule is COc1ccc(NC(=O)NC(=O)COC(=O)c2cc3ccccc3o2)cc1. The molecule has 0 saturated carbocycles. The first kappa shape index (κ1) is 18.0. The third-order valence-electron chi connectivity index (χ3n) is 3.56. The van der Waals surface area contributed by atoms with Crippen molar-refractivity contribution in [2.45, 2.75) is 0 Å². The minimum atomic E-state index is -0.795. The molecule has 3 rings (SSSR count). The fourth-order valence-corrected chi connectivity index (χ4v) is 2.28. The van der Waals surface area contributed by atoms with Crippen LogP contribution in [0.25, 0.3) is 11.0 Å². The molecular formula is C19H16N2O6. The van der Waals surface area contributed by atoms with Crippen LogP contribution in [-0.2, 0) is 9.53 Å². The average molecular weight is 368 g/mol. The highest BCUT2D eigenvalue weighted by atomic mass is 16.5. The number of carbonyl (C=O) groups is 3. The lowest BCUT2D eigenvalue weighted by atomic mass is 10.2. The number of nitrogens with one attached hydrogen (secondary N) is 2. The summed E-state index contributed by atoms with van der Waals surface area (Å²) in [5.74, 6) is -0.955. The second-order valence-corrected chi connectivity index (χ2v) is 5.46. The molecule has 3 amide bonds. The van der Waals surface area contributed by atoms with Crippen molar-refractivity contribution in [3.05, 3.63) is 60.4 Å². The maximum atomic E-state index is 11.9. The second kappa shape index (κ2) is 8.05. The highest BCUT2D eigenvalue weighted by molar-refractivity contribution is 6.02. The maximum Gasteiger partial charge on any atom is 0.374 e. The first-order valence-electron chi connectivity index (χ1n) is 7.96. The molecule has 0 bridgehead atoms. The van der Waals surface area contributed by atoms with Crippen LogP contribution < -0.4 is 15.4 Å². The number of benzene rings is 2. The molecule has 27 heavy (non-hydrogen) atoms. The molecule has 8 heteroatoms. The smallest absolute Gasteiger partial charge is 0.374 e. The molecule has 0 saturated heterocycles. The zero-order chi connectivity index (χ0) is 19.2. The van der Waals surface area contributed by atoms with Crippen molar-refractivity contribution in [1.82, 2.24) is 5.32 Å². The van der Waals surface area contributed by atoms with Gasteiger partial charge in [0.15, 0.2) is 6.61 Å². The van der Waals surface area contributed by atoms with E-state index in [9.17, 15) is 14.4 Å². The summed E-state index contributed by atoms with van der Waals surface area (Å²) in [5, 5.41) is 5.28. The van der Waals surface area contributed by atoms with Crippen LogP contribution >= 0.6 is 0 Å². The van der Waals surface area contributed by atoms with E-state index in [1.165, 1.54) is 13.2 Å². The van der Waals surface area contributed by atoms with E-state index in [-0.39, 0.29) is 5.76 Å². The lowest BCUT2D eigenvalue weighted by molar-refractivity contribution is -0.123. The van der Waals surface area contributed by atoms with Gasteiger partial charge in [0.1, 0.15) is 11.3 Å². The lowest BCUT2D eigenvalue weighted by Crippen LogP contribution is -2.37. The van der Waals surface area contributed by atoms with Crippen LogP contribution in [0.4, 0.5) is 10.5 Å². The van der Waals surface area contributed by atoms with Crippen molar-refractivity contribution in [2.75, 3.05) is 19.0 Å². The van der Waals surface area contributed by atoms with Gasteiger partial charge in [0.25, 0.3) is 5.91 Å². The number of imide groups is 1. The van der Waals surface area contributed by atoms with Gasteiger partial charge in [0.2, 0.25) is 5.76 Å². The third-order valence-corrected chi connectivity index (χ3v) is 3.56. The van der Waals surface area contributed by atoms with Gasteiger partial charge in [-0.15, -0.1) is 0 Å². The maximum absolute atomic E-state index is 11.9. The van der Waals surface area contributed by atoms with E-state index in [0.29, 0.717) is 17.0 Å². The number of carbonyl (C=O) groups excluding carboxylic acids is 3. The molecule has 0 aliphatic rings. The largest absolute Gasteiger partial charge is 0.497 e. The summed E-state index contributed by atoms with van der Waals surface area (Å²) in [5.41, 5.74) is 1.01. The number of hydrogen-bond acceptors (Lipinski definition) is 6. The Hall–Kier alpha value is -3.81. The summed E-state index contributed by atoms with van der Waals surface area (Å²) < 4.78 is 15.2. The molecule has 0 spiro atoms. The van der Waals surface area contributed by atoms with Crippen LogP contribution in [0.3, 0.4) is 0 Å². The molecule has 0 unspecified atom stereocenters. The van der Waals surface area contributed by atoms with E-state index >= 15 is 0 Å². The number of ether oxygens (including phenoxy) is 2. The van der Waals surface area contributed by atoms with Crippen molar-refractivity contribution in [1.29, 1.82) is 0 Å². The highest BCUT2D eigenvalue weighted by Gasteiger charge is 2.16. The van der Waals surface area contributed by atoms with Gasteiger partial charge >= 0.3 is 12.0 Å². The molecule has 0 fully saturated rings. The first-order valence-corrected chi connectivity index (χ1v) is 7.96. The van der Waals surface area contributed by atoms with E-state index in [2.05, 4.69) is 10.6 Å². The zero-order valence-electron chi connectivity index (χ0n) is 14.4. The molecule has 138 valence electrons. The number of methoxy groups -OCH3 is 1. The zero-order valence-corrected chi connectivity index (χ0v) is 14.4. The minimum Gasteiger partial charge on any atom is -0.497 e. The number of esters is 1. The molecule has 8 nitrogen and oxygen atoms in total. The minimum absolute atomic E-state index is 0.0216. The molecule has 0 radical (unpaired) electrons. The number of furan rings is 1. The summed E-state index contributed by atoms with van der Waals surface area (Å²) >= 11 is 0. The van der Waals surface area contributed by atoms with Crippen LogP contribution in [0.15, 0.2) is 59.0 Å². The molecule has 3 aromatic rings. The van der Waals surface area contributed by atoms with Gasteiger partial charge in [-0.3, -0.25) is 10.1 Å². The van der Waals surface area contributed by atoms with Crippen LogP contribution in [0.2, 0.25) is 0 Å². The van der Waals surface area contributed by atoms with Crippen molar-refractivity contribution >= 4 is 34.6 Å². The van der Waals surface area contributed by atoms with Crippen molar-refractivity contribution in [2.24, 2.45) is 0 Å². The number of amides is 3. The average Bonchev–Trinajstić information content (AvgIpc) is 3.11. The molecule has 2 N–H and O–H groups in total. The Balaban J connectivity index is 1.48. The molecule has 1 heterocycles. The van der Waals surface area contributed by atoms with E-state index in [1.807, 2.05) is 6.07 Å². The van der Waals surface area contributed by atoms with Gasteiger partial charge in [-0.1, -0.05) is 18.2 Å². The van der Waals surface area contributed by atoms with Gasteiger partial charge < -0.3 is 19.2 Å². The molecule has 0 aliphatic carbocycles. The summed E-state index contributed by atoms with van der Waals surface area (Å²) in [6.07, 6.45) is 0. The van der Waals surface area contributed by atoms with Gasteiger partial charge in [0, 0.05) is 11.1 Å². The van der Waals surface area contributed by atoms with Gasteiger partial charge in [-0.25, -0.2) is 9.59 Å². The Morgan fingerprint density at radius 3 is 2.48 bits per heavy atom. The second-order valence-electron chi connectivity index (χ2n) is 5.46. The summed E-state index contributed by atoms with van der Waals surface area (Å²) in [4.78, 5) is 35.5. The van der Waals surface area contributed by atoms with Gasteiger partial charge in [-0.05, 0) is 36.4 Å². The predicted octanol–water partition coefficient (Wildman–Crippen LogP) is 2.95. The quantitative estimate of drug-likeness (QED) is 0.671. The van der Waals surface area contributed by atoms with E-state index in [0.717, 1.165) is 5.39 Å². The Kier molecular flexibility index (Phi) is 5.36. The van der Waals surface area contributed by atoms with Crippen LogP contribution in [0, 0.1) is 0 Å². The number of fused-ring (bicyclic) bond motifs is 1. The van der Waals surface area contributed by atoms with Crippen molar-refractivity contribution in [3.63, 3.8) is 0 Å². The number of urea groups is 1. The Labute approximate surface area is 154 Å². The molecule has 1 aromatic heterocycles. The van der Waals surface area contributed by atoms with E-state index in [4.69, 9.17) is 13.9 Å². The summed E-state index contributed by atoms with van der Waals surface area (Å²) in [6, 6.07) is 14.4. The fraction of sp³-hybridized carbons (Fsp3) is 0.105. The topological polar surface area (TPSA) is 107 Å². The first-order chi connectivity index (χ1) is 13.0. The van der Waals surface area contributed by atoms with Crippen LogP contribution in [0.5, 0.6) is 5.75 Å². The standard InChI is InChI=1S/C19H16N2O6/c1-25-14-8-6-13(7-9-14)20-19(24)21-17(22)11-26-18(23)16-10-12-4-2-3-5-15(12)27-16/h2-10H,11H2,1H3,(H2,20,21,22,24). The Morgan fingerprint density at radius 2 is 1.78 bits per heavy atom. The van der Waals surface area contributed by atoms with Gasteiger partial charge in [-0.2, -0.15) is 0 Å². The number of para-hydroxylation sites is 1. The molecule has 2 aromatic carbocycles. The summed E-state index contributed by atoms with van der Waals surface area (Å²) in [6.45, 7) is -0.619. The molecule has 0 atom stereocenters. The fourth-order valence-electron chi connectivity index (χ4n) is 2.28. The number of hydrogen-bond donors (Lipinski definition) is 2. The van der Waals surface area contributed by atoms with E-state index < -0.39 is 24.5 Å². The van der Waals surface area contributed by atoms with Gasteiger partial charge in [0.05, 0.1) is 7.11 Å². The van der Waals surface area contributed by atoms with E-state index in [1.54, 1.807) is 42.5 Å². The number of rotatable bonds is 5. The highest BCUT2D eigenvalue weighted by Crippen LogP contribution is 2.19. The molecule has 0 aliphatic heterocycles. The van der Waals surface area contributed by atoms with Crippen LogP contribution in [-0.4, -0.2) is 31.6 Å². The van der Waals surface area contributed by atoms with Crippen LogP contribution in [0.1, 0.15) is 10.6 Å². The monoisotopic (exact) mass is 368 g/mol.